The first-order chi connectivity index (χ1) is 7.67. The molecule has 0 saturated carbocycles. The van der Waals surface area contributed by atoms with Crippen LogP contribution < -0.4 is 0 Å². The molecular weight excluding hydrogens is 215 g/mol. The summed E-state index contributed by atoms with van der Waals surface area (Å²) in [6.07, 6.45) is -0.509. The van der Waals surface area contributed by atoms with Crippen molar-refractivity contribution in [2.24, 2.45) is 0 Å². The van der Waals surface area contributed by atoms with Crippen LogP contribution in [-0.2, 0) is 20.2 Å². The summed E-state index contributed by atoms with van der Waals surface area (Å²) in [5.41, 5.74) is 0.392. The molecule has 16 heavy (non-hydrogen) atoms. The van der Waals surface area contributed by atoms with Crippen LogP contribution in [0.5, 0.6) is 0 Å². The molecule has 2 saturated heterocycles. The van der Waals surface area contributed by atoms with Crippen molar-refractivity contribution >= 4 is 0 Å². The van der Waals surface area contributed by atoms with Gasteiger partial charge in [0.25, 0.3) is 0 Å². The Morgan fingerprint density at radius 2 is 1.69 bits per heavy atom. The van der Waals surface area contributed by atoms with Crippen molar-refractivity contribution in [1.29, 1.82) is 0 Å². The molecule has 1 aromatic carbocycles. The lowest BCUT2D eigenvalue weighted by molar-refractivity contribution is -0.336. The van der Waals surface area contributed by atoms with Gasteiger partial charge in [-0.25, -0.2) is 4.39 Å². The van der Waals surface area contributed by atoms with Gasteiger partial charge >= 0.3 is 5.97 Å². The molecule has 0 bridgehead atoms. The second-order valence-corrected chi connectivity index (χ2v) is 3.94. The lowest BCUT2D eigenvalue weighted by Crippen LogP contribution is -2.29. The Bertz CT molecular complexity index is 379. The van der Waals surface area contributed by atoms with Crippen LogP contribution in [0.25, 0.3) is 0 Å². The molecule has 86 valence electrons. The van der Waals surface area contributed by atoms with Crippen LogP contribution in [-0.4, -0.2) is 30.5 Å². The summed E-state index contributed by atoms with van der Waals surface area (Å²) >= 11 is 0. The highest BCUT2D eigenvalue weighted by molar-refractivity contribution is 5.20. The number of ether oxygens (including phenoxy) is 3. The summed E-state index contributed by atoms with van der Waals surface area (Å²) in [4.78, 5) is 0. The van der Waals surface area contributed by atoms with E-state index >= 15 is 0 Å². The van der Waals surface area contributed by atoms with E-state index in [0.29, 0.717) is 18.8 Å². The van der Waals surface area contributed by atoms with Crippen LogP contribution in [0.4, 0.5) is 4.39 Å². The molecule has 0 amide bonds. The summed E-state index contributed by atoms with van der Waals surface area (Å²) < 4.78 is 28.7. The van der Waals surface area contributed by atoms with E-state index in [9.17, 15) is 9.50 Å². The Balaban J connectivity index is 1.86. The van der Waals surface area contributed by atoms with Crippen LogP contribution in [0.3, 0.4) is 0 Å². The zero-order chi connectivity index (χ0) is 11.2. The van der Waals surface area contributed by atoms with Crippen molar-refractivity contribution in [2.75, 3.05) is 13.2 Å². The third-order valence-electron chi connectivity index (χ3n) is 2.81. The average molecular weight is 226 g/mol. The molecule has 0 radical (unpaired) electrons. The predicted molar refractivity (Wildman–Crippen MR) is 50.9 cm³/mol. The SMILES string of the molecule is OC1(c2ccc(F)cc2)O[C@H]2COC[C@H]2O1. The number of fused-ring (bicyclic) bond motifs is 1. The summed E-state index contributed by atoms with van der Waals surface area (Å²) in [5.74, 6) is -2.14. The van der Waals surface area contributed by atoms with E-state index in [4.69, 9.17) is 14.2 Å². The largest absolute Gasteiger partial charge is 0.376 e. The van der Waals surface area contributed by atoms with Crippen LogP contribution >= 0.6 is 0 Å². The third kappa shape index (κ3) is 1.53. The van der Waals surface area contributed by atoms with E-state index in [0.717, 1.165) is 0 Å². The molecule has 1 unspecified atom stereocenters. The van der Waals surface area contributed by atoms with Gasteiger partial charge in [-0.1, -0.05) is 0 Å². The zero-order valence-corrected chi connectivity index (χ0v) is 8.43. The van der Waals surface area contributed by atoms with Crippen LogP contribution in [0.2, 0.25) is 0 Å². The van der Waals surface area contributed by atoms with E-state index < -0.39 is 5.97 Å². The second-order valence-electron chi connectivity index (χ2n) is 3.94. The van der Waals surface area contributed by atoms with E-state index in [-0.39, 0.29) is 18.0 Å². The molecule has 2 heterocycles. The van der Waals surface area contributed by atoms with E-state index in [1.54, 1.807) is 0 Å². The molecular formula is C11H11FO4. The van der Waals surface area contributed by atoms with Gasteiger partial charge in [0, 0.05) is 5.56 Å². The van der Waals surface area contributed by atoms with Crippen LogP contribution in [0.15, 0.2) is 24.3 Å². The van der Waals surface area contributed by atoms with Crippen molar-refractivity contribution in [1.82, 2.24) is 0 Å². The fourth-order valence-electron chi connectivity index (χ4n) is 1.97. The molecule has 1 N–H and O–H groups in total. The molecule has 0 spiro atoms. The summed E-state index contributed by atoms with van der Waals surface area (Å²) in [6, 6.07) is 5.39. The molecule has 2 aliphatic heterocycles. The minimum Gasteiger partial charge on any atom is -0.376 e. The third-order valence-corrected chi connectivity index (χ3v) is 2.81. The molecule has 3 rings (SSSR count). The maximum absolute atomic E-state index is 12.7. The summed E-state index contributed by atoms with van der Waals surface area (Å²) in [7, 11) is 0. The molecule has 5 heteroatoms. The van der Waals surface area contributed by atoms with Crippen molar-refractivity contribution < 1.29 is 23.7 Å². The Labute approximate surface area is 91.5 Å². The Hall–Kier alpha value is -1.01. The lowest BCUT2D eigenvalue weighted by atomic mass is 10.2. The predicted octanol–water partition coefficient (Wildman–Crippen LogP) is 0.742. The smallest absolute Gasteiger partial charge is 0.310 e. The van der Waals surface area contributed by atoms with Gasteiger partial charge in [-0.2, -0.15) is 0 Å². The topological polar surface area (TPSA) is 47.9 Å². The van der Waals surface area contributed by atoms with Crippen LogP contribution in [0, 0.1) is 5.82 Å². The Morgan fingerprint density at radius 3 is 2.25 bits per heavy atom. The first-order valence-corrected chi connectivity index (χ1v) is 5.09. The van der Waals surface area contributed by atoms with Gasteiger partial charge in [0.05, 0.1) is 13.2 Å². The average Bonchev–Trinajstić information content (AvgIpc) is 2.77. The minimum absolute atomic E-state index is 0.255. The van der Waals surface area contributed by atoms with Gasteiger partial charge in [0.15, 0.2) is 0 Å². The molecule has 0 aliphatic carbocycles. The quantitative estimate of drug-likeness (QED) is 0.767. The van der Waals surface area contributed by atoms with E-state index in [1.165, 1.54) is 24.3 Å². The van der Waals surface area contributed by atoms with Gasteiger partial charge in [-0.3, -0.25) is 0 Å². The van der Waals surface area contributed by atoms with Crippen molar-refractivity contribution in [3.8, 4) is 0 Å². The number of hydrogen-bond donors (Lipinski definition) is 1. The number of hydrogen-bond acceptors (Lipinski definition) is 4. The molecule has 4 nitrogen and oxygen atoms in total. The zero-order valence-electron chi connectivity index (χ0n) is 8.43. The van der Waals surface area contributed by atoms with Crippen molar-refractivity contribution in [2.45, 2.75) is 18.2 Å². The Kier molecular flexibility index (Phi) is 2.22. The fraction of sp³-hybridized carbons (Fsp3) is 0.455. The van der Waals surface area contributed by atoms with Crippen molar-refractivity contribution in [3.63, 3.8) is 0 Å². The monoisotopic (exact) mass is 226 g/mol. The van der Waals surface area contributed by atoms with Gasteiger partial charge in [-0.15, -0.1) is 0 Å². The maximum atomic E-state index is 12.7. The minimum atomic E-state index is -1.77. The lowest BCUT2D eigenvalue weighted by Gasteiger charge is -2.22. The van der Waals surface area contributed by atoms with Gasteiger partial charge in [-0.05, 0) is 24.3 Å². The summed E-state index contributed by atoms with van der Waals surface area (Å²) in [6.45, 7) is 0.822. The maximum Gasteiger partial charge on any atom is 0.310 e. The number of benzene rings is 1. The molecule has 2 aliphatic rings. The summed E-state index contributed by atoms with van der Waals surface area (Å²) in [5, 5.41) is 10.1. The van der Waals surface area contributed by atoms with Gasteiger partial charge < -0.3 is 19.3 Å². The molecule has 1 aromatic rings. The molecule has 2 fully saturated rings. The standard InChI is InChI=1S/C11H11FO4/c12-8-3-1-7(2-4-8)11(13)15-9-5-14-6-10(9)16-11/h1-4,9-10,13H,5-6H2/t9-,10+,11?. The van der Waals surface area contributed by atoms with Crippen molar-refractivity contribution in [3.05, 3.63) is 35.6 Å². The van der Waals surface area contributed by atoms with Gasteiger partial charge in [0.2, 0.25) is 0 Å². The highest BCUT2D eigenvalue weighted by Crippen LogP contribution is 2.37. The Morgan fingerprint density at radius 1 is 1.12 bits per heavy atom. The highest BCUT2D eigenvalue weighted by atomic mass is 19.1. The van der Waals surface area contributed by atoms with Crippen LogP contribution in [0.1, 0.15) is 5.56 Å². The first-order valence-electron chi connectivity index (χ1n) is 5.09. The molecule has 0 aromatic heterocycles. The second kappa shape index (κ2) is 3.49. The number of halogens is 1. The number of rotatable bonds is 1. The van der Waals surface area contributed by atoms with E-state index in [1.807, 2.05) is 0 Å². The van der Waals surface area contributed by atoms with E-state index in [2.05, 4.69) is 0 Å². The fourth-order valence-corrected chi connectivity index (χ4v) is 1.97. The normalized spacial score (nSPS) is 37.6. The molecule has 3 atom stereocenters. The highest BCUT2D eigenvalue weighted by Gasteiger charge is 2.50. The van der Waals surface area contributed by atoms with Gasteiger partial charge in [0.1, 0.15) is 18.0 Å². The first kappa shape index (κ1) is 10.2. The number of aliphatic hydroxyl groups is 1.